The first-order valence-electron chi connectivity index (χ1n) is 7.96. The molecule has 1 aromatic rings. The van der Waals surface area contributed by atoms with E-state index in [4.69, 9.17) is 5.73 Å². The summed E-state index contributed by atoms with van der Waals surface area (Å²) in [5, 5.41) is 0. The molecule has 0 spiro atoms. The number of nitrogens with two attached hydrogens (primary N) is 1. The minimum absolute atomic E-state index is 0.168. The van der Waals surface area contributed by atoms with Crippen molar-refractivity contribution >= 4 is 17.3 Å². The van der Waals surface area contributed by atoms with E-state index in [0.717, 1.165) is 36.3 Å². The molecule has 0 bridgehead atoms. The number of hydrogen-bond acceptors (Lipinski definition) is 3. The zero-order valence-electron chi connectivity index (χ0n) is 12.8. The monoisotopic (exact) mass is 287 g/mol. The molecule has 1 aromatic carbocycles. The molecule has 0 unspecified atom stereocenters. The minimum atomic E-state index is 0.168. The van der Waals surface area contributed by atoms with Gasteiger partial charge in [-0.3, -0.25) is 9.69 Å². The van der Waals surface area contributed by atoms with E-state index in [9.17, 15) is 4.79 Å². The van der Waals surface area contributed by atoms with Crippen LogP contribution in [0.25, 0.3) is 0 Å². The molecule has 0 atom stereocenters. The van der Waals surface area contributed by atoms with Gasteiger partial charge in [0.2, 0.25) is 5.91 Å². The van der Waals surface area contributed by atoms with E-state index in [2.05, 4.69) is 4.90 Å². The maximum Gasteiger partial charge on any atom is 0.240 e. The predicted octanol–water partition coefficient (Wildman–Crippen LogP) is 2.35. The normalized spacial score (nSPS) is 18.0. The zero-order chi connectivity index (χ0) is 14.8. The third-order valence-electron chi connectivity index (χ3n) is 4.44. The Morgan fingerprint density at radius 2 is 1.62 bits per heavy atom. The first kappa shape index (κ1) is 14.4. The van der Waals surface area contributed by atoms with Gasteiger partial charge in [-0.1, -0.05) is 0 Å². The lowest BCUT2D eigenvalue weighted by Gasteiger charge is -2.25. The number of nitrogens with zero attached hydrogens (tertiary/aromatic N) is 2. The molecule has 21 heavy (non-hydrogen) atoms. The van der Waals surface area contributed by atoms with Crippen LogP contribution in [0.4, 0.5) is 11.4 Å². The number of carbonyl (C=O) groups is 1. The van der Waals surface area contributed by atoms with Gasteiger partial charge in [0.1, 0.15) is 0 Å². The van der Waals surface area contributed by atoms with Crippen molar-refractivity contribution in [3.8, 4) is 0 Å². The summed E-state index contributed by atoms with van der Waals surface area (Å²) in [7, 11) is 1.85. The Morgan fingerprint density at radius 1 is 1.10 bits per heavy atom. The summed E-state index contributed by atoms with van der Waals surface area (Å²) in [5.74, 6) is 1.83. The summed E-state index contributed by atoms with van der Waals surface area (Å²) >= 11 is 0. The molecule has 2 N–H and O–H groups in total. The molecule has 2 aliphatic rings. The zero-order valence-corrected chi connectivity index (χ0v) is 12.8. The fourth-order valence-electron chi connectivity index (χ4n) is 2.67. The molecule has 2 aliphatic carbocycles. The van der Waals surface area contributed by atoms with Crippen molar-refractivity contribution in [1.29, 1.82) is 0 Å². The molecule has 1 amide bonds. The number of nitrogen functional groups attached to an aromatic ring is 1. The van der Waals surface area contributed by atoms with Gasteiger partial charge in [0.25, 0.3) is 0 Å². The molecule has 114 valence electrons. The van der Waals surface area contributed by atoms with Crippen LogP contribution in [0.2, 0.25) is 0 Å². The summed E-state index contributed by atoms with van der Waals surface area (Å²) in [6.45, 7) is 2.73. The average Bonchev–Trinajstić information content (AvgIpc) is 3.35. The van der Waals surface area contributed by atoms with E-state index in [1.54, 1.807) is 4.90 Å². The van der Waals surface area contributed by atoms with Crippen LogP contribution in [-0.2, 0) is 4.79 Å². The van der Waals surface area contributed by atoms with Gasteiger partial charge in [-0.25, -0.2) is 0 Å². The number of anilines is 2. The number of carbonyl (C=O) groups excluding carboxylic acids is 1. The summed E-state index contributed by atoms with van der Waals surface area (Å²) in [5.41, 5.74) is 7.33. The second kappa shape index (κ2) is 6.06. The topological polar surface area (TPSA) is 49.6 Å². The van der Waals surface area contributed by atoms with Gasteiger partial charge in [-0.05, 0) is 61.8 Å². The minimum Gasteiger partial charge on any atom is -0.399 e. The van der Waals surface area contributed by atoms with Crippen LogP contribution in [0, 0.1) is 11.8 Å². The first-order valence-corrected chi connectivity index (χ1v) is 7.96. The van der Waals surface area contributed by atoms with Crippen molar-refractivity contribution in [2.75, 3.05) is 37.3 Å². The van der Waals surface area contributed by atoms with Crippen molar-refractivity contribution in [2.24, 2.45) is 11.8 Å². The number of hydrogen-bond donors (Lipinski definition) is 1. The van der Waals surface area contributed by atoms with Crippen LogP contribution >= 0.6 is 0 Å². The van der Waals surface area contributed by atoms with Crippen LogP contribution in [0.3, 0.4) is 0 Å². The van der Waals surface area contributed by atoms with E-state index >= 15 is 0 Å². The van der Waals surface area contributed by atoms with Crippen molar-refractivity contribution < 1.29 is 4.79 Å². The Bertz CT molecular complexity index is 477. The highest BCUT2D eigenvalue weighted by molar-refractivity contribution is 5.94. The molecule has 0 heterocycles. The molecular formula is C17H25N3O. The van der Waals surface area contributed by atoms with Crippen LogP contribution in [0.1, 0.15) is 25.7 Å². The van der Waals surface area contributed by atoms with E-state index in [1.165, 1.54) is 25.7 Å². The molecular weight excluding hydrogens is 262 g/mol. The lowest BCUT2D eigenvalue weighted by atomic mass is 10.2. The summed E-state index contributed by atoms with van der Waals surface area (Å²) < 4.78 is 0. The lowest BCUT2D eigenvalue weighted by molar-refractivity contribution is -0.119. The smallest absolute Gasteiger partial charge is 0.240 e. The van der Waals surface area contributed by atoms with Gasteiger partial charge in [0.15, 0.2) is 0 Å². The number of benzene rings is 1. The van der Waals surface area contributed by atoms with Gasteiger partial charge >= 0.3 is 0 Å². The molecule has 0 radical (unpaired) electrons. The Hall–Kier alpha value is -1.55. The van der Waals surface area contributed by atoms with Crippen LogP contribution in [-0.4, -0.2) is 37.5 Å². The van der Waals surface area contributed by atoms with E-state index in [1.807, 2.05) is 31.3 Å². The SMILES string of the molecule is CN(C(=O)CN(CC1CC1)CC1CC1)c1ccc(N)cc1. The molecule has 4 heteroatoms. The fraction of sp³-hybridized carbons (Fsp3) is 0.588. The van der Waals surface area contributed by atoms with Gasteiger partial charge in [0, 0.05) is 31.5 Å². The van der Waals surface area contributed by atoms with E-state index in [-0.39, 0.29) is 5.91 Å². The molecule has 0 aliphatic heterocycles. The van der Waals surface area contributed by atoms with Crippen molar-refractivity contribution in [1.82, 2.24) is 4.90 Å². The maximum atomic E-state index is 12.5. The molecule has 3 rings (SSSR count). The Labute approximate surface area is 126 Å². The number of rotatable bonds is 7. The fourth-order valence-corrected chi connectivity index (χ4v) is 2.67. The maximum absolute atomic E-state index is 12.5. The van der Waals surface area contributed by atoms with Crippen molar-refractivity contribution in [2.45, 2.75) is 25.7 Å². The van der Waals surface area contributed by atoms with Crippen molar-refractivity contribution in [3.63, 3.8) is 0 Å². The van der Waals surface area contributed by atoms with Crippen LogP contribution in [0.5, 0.6) is 0 Å². The predicted molar refractivity (Wildman–Crippen MR) is 86.2 cm³/mol. The summed E-state index contributed by atoms with van der Waals surface area (Å²) in [6.07, 6.45) is 5.35. The van der Waals surface area contributed by atoms with E-state index < -0.39 is 0 Å². The second-order valence-electron chi connectivity index (χ2n) is 6.63. The summed E-state index contributed by atoms with van der Waals surface area (Å²) in [4.78, 5) is 16.6. The lowest BCUT2D eigenvalue weighted by Crippen LogP contribution is -2.40. The Kier molecular flexibility index (Phi) is 4.15. The van der Waals surface area contributed by atoms with Gasteiger partial charge in [-0.15, -0.1) is 0 Å². The number of likely N-dealkylation sites (N-methyl/N-ethyl adjacent to an activating group) is 1. The number of amides is 1. The van der Waals surface area contributed by atoms with Crippen LogP contribution in [0.15, 0.2) is 24.3 Å². The highest BCUT2D eigenvalue weighted by atomic mass is 16.2. The van der Waals surface area contributed by atoms with Crippen LogP contribution < -0.4 is 10.6 Å². The standard InChI is InChI=1S/C17H25N3O/c1-19(16-8-6-15(18)7-9-16)17(21)12-20(10-13-2-3-13)11-14-4-5-14/h6-9,13-14H,2-5,10-12,18H2,1H3. The molecule has 0 aromatic heterocycles. The first-order chi connectivity index (χ1) is 10.1. The average molecular weight is 287 g/mol. The third-order valence-corrected chi connectivity index (χ3v) is 4.44. The van der Waals surface area contributed by atoms with Gasteiger partial charge in [0.05, 0.1) is 6.54 Å². The molecule has 4 nitrogen and oxygen atoms in total. The highest BCUT2D eigenvalue weighted by Crippen LogP contribution is 2.33. The quantitative estimate of drug-likeness (QED) is 0.783. The van der Waals surface area contributed by atoms with Gasteiger partial charge < -0.3 is 10.6 Å². The third kappa shape index (κ3) is 4.21. The second-order valence-corrected chi connectivity index (χ2v) is 6.63. The molecule has 0 saturated heterocycles. The molecule has 2 saturated carbocycles. The Balaban J connectivity index is 1.57. The van der Waals surface area contributed by atoms with Crippen molar-refractivity contribution in [3.05, 3.63) is 24.3 Å². The molecule has 2 fully saturated rings. The van der Waals surface area contributed by atoms with Gasteiger partial charge in [-0.2, -0.15) is 0 Å². The Morgan fingerprint density at radius 3 is 2.10 bits per heavy atom. The van der Waals surface area contributed by atoms with E-state index in [0.29, 0.717) is 6.54 Å². The summed E-state index contributed by atoms with van der Waals surface area (Å²) in [6, 6.07) is 7.48. The largest absolute Gasteiger partial charge is 0.399 e. The highest BCUT2D eigenvalue weighted by Gasteiger charge is 2.30.